The van der Waals surface area contributed by atoms with Crippen molar-refractivity contribution in [2.75, 3.05) is 26.2 Å². The number of hydrogen-bond acceptors (Lipinski definition) is 4. The minimum atomic E-state index is 0.229. The second-order valence-corrected chi connectivity index (χ2v) is 7.06. The molecule has 0 spiro atoms. The van der Waals surface area contributed by atoms with Gasteiger partial charge in [-0.2, -0.15) is 5.06 Å². The molecular formula is C16H26N2O2S. The number of hydroxylamine groups is 2. The van der Waals surface area contributed by atoms with Crippen molar-refractivity contribution < 1.29 is 9.63 Å². The topological polar surface area (TPSA) is 32.8 Å². The van der Waals surface area contributed by atoms with Crippen LogP contribution in [0.1, 0.15) is 37.1 Å². The lowest BCUT2D eigenvalue weighted by Gasteiger charge is -2.25. The maximum Gasteiger partial charge on any atom is 0.224 e. The van der Waals surface area contributed by atoms with Crippen LogP contribution in [0.5, 0.6) is 0 Å². The molecule has 4 nitrogen and oxygen atoms in total. The monoisotopic (exact) mass is 310 g/mol. The molecule has 1 aromatic rings. The minimum absolute atomic E-state index is 0.229. The SMILES string of the molecule is Cc1ccsc1CN(CC(C)C)C(=O)CCN1CCCO1. The van der Waals surface area contributed by atoms with Gasteiger partial charge >= 0.3 is 0 Å². The molecule has 0 aromatic carbocycles. The van der Waals surface area contributed by atoms with E-state index in [-0.39, 0.29) is 5.91 Å². The van der Waals surface area contributed by atoms with Gasteiger partial charge in [0, 0.05) is 30.9 Å². The zero-order valence-electron chi connectivity index (χ0n) is 13.3. The van der Waals surface area contributed by atoms with Crippen molar-refractivity contribution in [2.45, 2.75) is 40.2 Å². The van der Waals surface area contributed by atoms with E-state index in [2.05, 4.69) is 32.2 Å². The summed E-state index contributed by atoms with van der Waals surface area (Å²) < 4.78 is 0. The van der Waals surface area contributed by atoms with Gasteiger partial charge in [-0.1, -0.05) is 13.8 Å². The molecular weight excluding hydrogens is 284 g/mol. The summed E-state index contributed by atoms with van der Waals surface area (Å²) in [5.74, 6) is 0.712. The van der Waals surface area contributed by atoms with Crippen LogP contribution in [0.25, 0.3) is 0 Å². The molecule has 1 fully saturated rings. The van der Waals surface area contributed by atoms with Crippen LogP contribution < -0.4 is 0 Å². The van der Waals surface area contributed by atoms with Gasteiger partial charge in [-0.05, 0) is 36.3 Å². The molecule has 0 N–H and O–H groups in total. The molecule has 1 saturated heterocycles. The van der Waals surface area contributed by atoms with Crippen molar-refractivity contribution in [3.63, 3.8) is 0 Å². The standard InChI is InChI=1S/C16H26N2O2S/c1-13(2)11-17(12-15-14(3)6-10-21-15)16(19)5-8-18-7-4-9-20-18/h6,10,13H,4-5,7-9,11-12H2,1-3H3. The van der Waals surface area contributed by atoms with Gasteiger partial charge in [-0.25, -0.2) is 0 Å². The molecule has 118 valence electrons. The highest BCUT2D eigenvalue weighted by Gasteiger charge is 2.19. The molecule has 1 aliphatic heterocycles. The van der Waals surface area contributed by atoms with Gasteiger partial charge in [-0.3, -0.25) is 9.63 Å². The number of nitrogens with zero attached hydrogens (tertiary/aromatic N) is 2. The predicted octanol–water partition coefficient (Wildman–Crippen LogP) is 3.07. The Morgan fingerprint density at radius 3 is 2.90 bits per heavy atom. The van der Waals surface area contributed by atoms with Gasteiger partial charge in [0.15, 0.2) is 0 Å². The van der Waals surface area contributed by atoms with E-state index in [4.69, 9.17) is 4.84 Å². The number of amides is 1. The lowest BCUT2D eigenvalue weighted by molar-refractivity contribution is -0.139. The van der Waals surface area contributed by atoms with Crippen LogP contribution in [0.4, 0.5) is 0 Å². The van der Waals surface area contributed by atoms with E-state index in [1.165, 1.54) is 10.4 Å². The molecule has 0 atom stereocenters. The third-order valence-electron chi connectivity index (χ3n) is 3.64. The van der Waals surface area contributed by atoms with Gasteiger partial charge in [-0.15, -0.1) is 11.3 Å². The zero-order chi connectivity index (χ0) is 15.2. The Bertz CT molecular complexity index is 453. The quantitative estimate of drug-likeness (QED) is 0.776. The fourth-order valence-electron chi connectivity index (χ4n) is 2.49. The van der Waals surface area contributed by atoms with E-state index in [9.17, 15) is 4.79 Å². The summed E-state index contributed by atoms with van der Waals surface area (Å²) in [6.45, 7) is 10.4. The molecule has 1 aromatic heterocycles. The molecule has 5 heteroatoms. The van der Waals surface area contributed by atoms with Gasteiger partial charge in [0.1, 0.15) is 0 Å². The average Bonchev–Trinajstić information content (AvgIpc) is 3.07. The van der Waals surface area contributed by atoms with Crippen LogP contribution in [0, 0.1) is 12.8 Å². The van der Waals surface area contributed by atoms with Crippen LogP contribution in [-0.4, -0.2) is 42.1 Å². The molecule has 2 heterocycles. The second-order valence-electron chi connectivity index (χ2n) is 6.06. The Morgan fingerprint density at radius 1 is 1.52 bits per heavy atom. The van der Waals surface area contributed by atoms with Gasteiger partial charge in [0.25, 0.3) is 0 Å². The summed E-state index contributed by atoms with van der Waals surface area (Å²) in [6, 6.07) is 2.12. The Balaban J connectivity index is 1.90. The van der Waals surface area contributed by atoms with Crippen molar-refractivity contribution in [1.82, 2.24) is 9.96 Å². The Kier molecular flexibility index (Phi) is 6.21. The third kappa shape index (κ3) is 5.09. The first kappa shape index (κ1) is 16.5. The summed E-state index contributed by atoms with van der Waals surface area (Å²) in [6.07, 6.45) is 1.61. The zero-order valence-corrected chi connectivity index (χ0v) is 14.1. The summed E-state index contributed by atoms with van der Waals surface area (Å²) in [4.78, 5) is 21.3. The molecule has 2 rings (SSSR count). The van der Waals surface area contributed by atoms with Crippen LogP contribution in [0.15, 0.2) is 11.4 Å². The first-order valence-corrected chi connectivity index (χ1v) is 8.63. The maximum absolute atomic E-state index is 12.5. The number of hydrogen-bond donors (Lipinski definition) is 0. The highest BCUT2D eigenvalue weighted by Crippen LogP contribution is 2.19. The fraction of sp³-hybridized carbons (Fsp3) is 0.688. The molecule has 1 aliphatic rings. The first-order valence-electron chi connectivity index (χ1n) is 7.75. The summed E-state index contributed by atoms with van der Waals surface area (Å²) >= 11 is 1.74. The number of aryl methyl sites for hydroxylation is 1. The molecule has 1 amide bonds. The average molecular weight is 310 g/mol. The summed E-state index contributed by atoms with van der Waals surface area (Å²) in [5, 5.41) is 4.02. The van der Waals surface area contributed by atoms with Crippen LogP contribution in [0.2, 0.25) is 0 Å². The van der Waals surface area contributed by atoms with Gasteiger partial charge in [0.2, 0.25) is 5.91 Å². The van der Waals surface area contributed by atoms with E-state index in [0.717, 1.165) is 32.7 Å². The molecule has 0 unspecified atom stereocenters. The summed E-state index contributed by atoms with van der Waals surface area (Å²) in [7, 11) is 0. The number of thiophene rings is 1. The first-order chi connectivity index (χ1) is 10.1. The van der Waals surface area contributed by atoms with Gasteiger partial charge < -0.3 is 4.90 Å². The second kappa shape index (κ2) is 7.92. The number of carbonyl (C=O) groups excluding carboxylic acids is 1. The van der Waals surface area contributed by atoms with E-state index in [0.29, 0.717) is 18.9 Å². The van der Waals surface area contributed by atoms with Crippen molar-refractivity contribution in [3.05, 3.63) is 21.9 Å². The third-order valence-corrected chi connectivity index (χ3v) is 4.65. The Labute approximate surface area is 131 Å². The molecule has 0 aliphatic carbocycles. The van der Waals surface area contributed by atoms with Crippen LogP contribution in [0.3, 0.4) is 0 Å². The van der Waals surface area contributed by atoms with E-state index < -0.39 is 0 Å². The number of carbonyl (C=O) groups is 1. The highest BCUT2D eigenvalue weighted by atomic mass is 32.1. The van der Waals surface area contributed by atoms with E-state index in [1.807, 2.05) is 9.96 Å². The smallest absolute Gasteiger partial charge is 0.224 e. The normalized spacial score (nSPS) is 15.8. The van der Waals surface area contributed by atoms with E-state index >= 15 is 0 Å². The molecule has 0 radical (unpaired) electrons. The largest absolute Gasteiger partial charge is 0.337 e. The van der Waals surface area contributed by atoms with Crippen molar-refractivity contribution in [3.8, 4) is 0 Å². The molecule has 0 saturated carbocycles. The Morgan fingerprint density at radius 2 is 2.33 bits per heavy atom. The molecule has 21 heavy (non-hydrogen) atoms. The minimum Gasteiger partial charge on any atom is -0.337 e. The lowest BCUT2D eigenvalue weighted by Crippen LogP contribution is -2.35. The Hall–Kier alpha value is -0.910. The van der Waals surface area contributed by atoms with Gasteiger partial charge in [0.05, 0.1) is 13.2 Å². The van der Waals surface area contributed by atoms with Crippen molar-refractivity contribution in [1.29, 1.82) is 0 Å². The fourth-order valence-corrected chi connectivity index (χ4v) is 3.41. The summed E-state index contributed by atoms with van der Waals surface area (Å²) in [5.41, 5.74) is 1.28. The predicted molar refractivity (Wildman–Crippen MR) is 86.1 cm³/mol. The highest BCUT2D eigenvalue weighted by molar-refractivity contribution is 7.10. The molecule has 0 bridgehead atoms. The van der Waals surface area contributed by atoms with Crippen LogP contribution >= 0.6 is 11.3 Å². The lowest BCUT2D eigenvalue weighted by atomic mass is 10.2. The van der Waals surface area contributed by atoms with Crippen molar-refractivity contribution in [2.24, 2.45) is 5.92 Å². The van der Waals surface area contributed by atoms with Crippen LogP contribution in [-0.2, 0) is 16.2 Å². The van der Waals surface area contributed by atoms with Crippen molar-refractivity contribution >= 4 is 17.2 Å². The van der Waals surface area contributed by atoms with E-state index in [1.54, 1.807) is 11.3 Å². The number of rotatable bonds is 7. The maximum atomic E-state index is 12.5.